The fourth-order valence-electron chi connectivity index (χ4n) is 5.27. The fourth-order valence-corrected chi connectivity index (χ4v) is 5.27. The zero-order chi connectivity index (χ0) is 18.5. The summed E-state index contributed by atoms with van der Waals surface area (Å²) in [4.78, 5) is 27.5. The molecule has 1 N–H and O–H groups in total. The van der Waals surface area contributed by atoms with Crippen LogP contribution in [0, 0.1) is 5.92 Å². The summed E-state index contributed by atoms with van der Waals surface area (Å²) in [6, 6.07) is 8.21. The number of anilines is 1. The Labute approximate surface area is 153 Å². The van der Waals surface area contributed by atoms with E-state index in [1.807, 2.05) is 24.3 Å². The van der Waals surface area contributed by atoms with Crippen LogP contribution in [0.25, 0.3) is 0 Å². The van der Waals surface area contributed by atoms with E-state index < -0.39 is 0 Å². The maximum absolute atomic E-state index is 12.6. The quantitative estimate of drug-likeness (QED) is 0.667. The highest BCUT2D eigenvalue weighted by molar-refractivity contribution is 5.95. The van der Waals surface area contributed by atoms with Crippen LogP contribution >= 0.6 is 0 Å². The summed E-state index contributed by atoms with van der Waals surface area (Å²) in [5.74, 6) is -0.454. The van der Waals surface area contributed by atoms with Gasteiger partial charge in [0.15, 0.2) is 0 Å². The minimum absolute atomic E-state index is 0.0255. The number of carbonyl (C=O) groups excluding carboxylic acids is 2. The molecule has 4 rings (SSSR count). The van der Waals surface area contributed by atoms with Crippen LogP contribution in [0.2, 0.25) is 0 Å². The van der Waals surface area contributed by atoms with Gasteiger partial charge in [0, 0.05) is 36.4 Å². The molecule has 0 unspecified atom stereocenters. The van der Waals surface area contributed by atoms with E-state index in [0.29, 0.717) is 12.0 Å². The van der Waals surface area contributed by atoms with E-state index >= 15 is 0 Å². The van der Waals surface area contributed by atoms with E-state index in [1.165, 1.54) is 12.7 Å². The third kappa shape index (κ3) is 2.13. The largest absolute Gasteiger partial charge is 0.466 e. The number of methoxy groups -OCH3 is 1. The molecule has 2 aliphatic heterocycles. The van der Waals surface area contributed by atoms with Crippen molar-refractivity contribution in [1.29, 1.82) is 0 Å². The van der Waals surface area contributed by atoms with E-state index in [4.69, 9.17) is 4.74 Å². The van der Waals surface area contributed by atoms with Gasteiger partial charge in [-0.05, 0) is 31.4 Å². The molecule has 26 heavy (non-hydrogen) atoms. The lowest BCUT2D eigenvalue weighted by molar-refractivity contribution is -0.137. The first-order valence-corrected chi connectivity index (χ1v) is 9.08. The minimum Gasteiger partial charge on any atom is -0.466 e. The predicted octanol–water partition coefficient (Wildman–Crippen LogP) is 2.65. The lowest BCUT2D eigenvalue weighted by atomic mass is 9.62. The number of likely N-dealkylation sites (tertiary alicyclic amines) is 1. The van der Waals surface area contributed by atoms with Gasteiger partial charge in [-0.15, -0.1) is 6.58 Å². The van der Waals surface area contributed by atoms with Crippen LogP contribution in [-0.4, -0.2) is 42.9 Å². The van der Waals surface area contributed by atoms with Gasteiger partial charge in [-0.3, -0.25) is 9.69 Å². The van der Waals surface area contributed by atoms with Crippen LogP contribution in [-0.2, 0) is 19.7 Å². The zero-order valence-corrected chi connectivity index (χ0v) is 15.2. The van der Waals surface area contributed by atoms with Crippen molar-refractivity contribution in [3.8, 4) is 0 Å². The Morgan fingerprint density at radius 2 is 2.19 bits per heavy atom. The molecule has 1 aromatic carbocycles. The molecule has 1 fully saturated rings. The Morgan fingerprint density at radius 3 is 2.88 bits per heavy atom. The third-order valence-electron chi connectivity index (χ3n) is 6.23. The lowest BCUT2D eigenvalue weighted by Crippen LogP contribution is -2.53. The van der Waals surface area contributed by atoms with Crippen molar-refractivity contribution in [2.75, 3.05) is 25.5 Å². The second kappa shape index (κ2) is 6.09. The second-order valence-corrected chi connectivity index (χ2v) is 7.39. The number of benzene rings is 1. The van der Waals surface area contributed by atoms with Crippen molar-refractivity contribution >= 4 is 17.4 Å². The van der Waals surface area contributed by atoms with Gasteiger partial charge >= 0.3 is 5.97 Å². The number of hydrogen-bond acceptors (Lipinski definition) is 5. The van der Waals surface area contributed by atoms with E-state index in [1.54, 1.807) is 6.92 Å². The number of carbonyl (C=O) groups is 2. The molecular formula is C21H24N2O3. The summed E-state index contributed by atoms with van der Waals surface area (Å²) in [7, 11) is 1.40. The number of nitrogens with zero attached hydrogens (tertiary/aromatic N) is 1. The van der Waals surface area contributed by atoms with Crippen LogP contribution in [0.5, 0.6) is 0 Å². The fraction of sp³-hybridized carbons (Fsp3) is 0.429. The Balaban J connectivity index is 1.98. The van der Waals surface area contributed by atoms with Crippen LogP contribution in [0.15, 0.2) is 48.2 Å². The second-order valence-electron chi connectivity index (χ2n) is 7.39. The van der Waals surface area contributed by atoms with Gasteiger partial charge in [-0.1, -0.05) is 24.3 Å². The third-order valence-corrected chi connectivity index (χ3v) is 6.23. The highest BCUT2D eigenvalue weighted by atomic mass is 16.5. The molecule has 0 saturated carbocycles. The summed E-state index contributed by atoms with van der Waals surface area (Å²) in [5, 5.41) is 3.50. The van der Waals surface area contributed by atoms with Crippen LogP contribution in [0.3, 0.4) is 0 Å². The van der Waals surface area contributed by atoms with Crippen molar-refractivity contribution in [3.05, 3.63) is 53.8 Å². The highest BCUT2D eigenvalue weighted by Crippen LogP contribution is 2.58. The molecular weight excluding hydrogens is 328 g/mol. The average molecular weight is 352 g/mol. The Hall–Kier alpha value is -2.40. The average Bonchev–Trinajstić information content (AvgIpc) is 3.18. The Morgan fingerprint density at radius 1 is 1.42 bits per heavy atom. The van der Waals surface area contributed by atoms with Crippen molar-refractivity contribution in [1.82, 2.24) is 4.90 Å². The zero-order valence-electron chi connectivity index (χ0n) is 15.2. The maximum atomic E-state index is 12.6. The molecule has 1 spiro atoms. The van der Waals surface area contributed by atoms with Gasteiger partial charge in [0.1, 0.15) is 5.78 Å². The van der Waals surface area contributed by atoms with Gasteiger partial charge in [-0.2, -0.15) is 0 Å². The first-order chi connectivity index (χ1) is 12.5. The molecule has 1 aromatic rings. The Kier molecular flexibility index (Phi) is 3.99. The lowest BCUT2D eigenvalue weighted by Gasteiger charge is -2.44. The number of nitrogens with one attached hydrogen (secondary N) is 1. The molecule has 5 heteroatoms. The molecule has 0 amide bonds. The van der Waals surface area contributed by atoms with Crippen LogP contribution in [0.4, 0.5) is 5.69 Å². The molecule has 0 radical (unpaired) electrons. The Bertz CT molecular complexity index is 828. The highest BCUT2D eigenvalue weighted by Gasteiger charge is 2.61. The topological polar surface area (TPSA) is 58.6 Å². The molecule has 0 bridgehead atoms. The predicted molar refractivity (Wildman–Crippen MR) is 99.7 cm³/mol. The number of hydrogen-bond donors (Lipinski definition) is 1. The van der Waals surface area contributed by atoms with Gasteiger partial charge in [-0.25, -0.2) is 4.79 Å². The van der Waals surface area contributed by atoms with Gasteiger partial charge in [0.05, 0.1) is 18.1 Å². The number of ether oxygens (including phenoxy) is 1. The normalized spacial score (nSPS) is 29.5. The summed E-state index contributed by atoms with van der Waals surface area (Å²) in [6.45, 7) is 7.13. The molecule has 136 valence electrons. The number of fused-ring (bicyclic) bond motifs is 1. The van der Waals surface area contributed by atoms with Crippen molar-refractivity contribution in [2.45, 2.75) is 31.2 Å². The van der Waals surface area contributed by atoms with Gasteiger partial charge in [0.2, 0.25) is 0 Å². The first-order valence-electron chi connectivity index (χ1n) is 9.08. The number of para-hydroxylation sites is 1. The molecule has 3 aliphatic rings. The SMILES string of the molecule is C=CCN1CC[C@]23C(=C(C(=O)OC)C[C@@H](C(C)=O)[C@H]12)Nc1ccccc13. The number of Topliss-reactive ketones (excluding diaryl/α,β-unsaturated/α-hetero) is 1. The summed E-state index contributed by atoms with van der Waals surface area (Å²) in [5.41, 5.74) is 3.38. The number of rotatable bonds is 4. The van der Waals surface area contributed by atoms with E-state index in [-0.39, 0.29) is 29.1 Å². The van der Waals surface area contributed by atoms with Gasteiger partial charge < -0.3 is 10.1 Å². The minimum atomic E-state index is -0.363. The monoisotopic (exact) mass is 352 g/mol. The summed E-state index contributed by atoms with van der Waals surface area (Å²) < 4.78 is 5.07. The molecule has 1 saturated heterocycles. The number of ketones is 1. The maximum Gasteiger partial charge on any atom is 0.335 e. The van der Waals surface area contributed by atoms with Crippen molar-refractivity contribution < 1.29 is 14.3 Å². The standard InChI is InChI=1S/C21H24N2O3/c1-4-10-23-11-9-21-16-7-5-6-8-17(16)22-18(21)15(20(25)26-3)12-14(13(2)24)19(21)23/h4-8,14,19,22H,1,9-12H2,2-3H3/t14-,19-,21-/m0/s1. The molecule has 1 aliphatic carbocycles. The number of esters is 1. The van der Waals surface area contributed by atoms with Crippen molar-refractivity contribution in [2.24, 2.45) is 5.92 Å². The molecule has 5 nitrogen and oxygen atoms in total. The summed E-state index contributed by atoms with van der Waals surface area (Å²) >= 11 is 0. The molecule has 3 atom stereocenters. The van der Waals surface area contributed by atoms with E-state index in [2.05, 4.69) is 22.9 Å². The smallest absolute Gasteiger partial charge is 0.335 e. The first kappa shape index (κ1) is 17.0. The van der Waals surface area contributed by atoms with Crippen LogP contribution < -0.4 is 5.32 Å². The molecule has 0 aromatic heterocycles. The summed E-state index contributed by atoms with van der Waals surface area (Å²) in [6.07, 6.45) is 3.18. The van der Waals surface area contributed by atoms with Crippen LogP contribution in [0.1, 0.15) is 25.3 Å². The van der Waals surface area contributed by atoms with Crippen molar-refractivity contribution in [3.63, 3.8) is 0 Å². The van der Waals surface area contributed by atoms with E-state index in [0.717, 1.165) is 30.9 Å². The van der Waals surface area contributed by atoms with Gasteiger partial charge in [0.25, 0.3) is 0 Å². The van der Waals surface area contributed by atoms with E-state index in [9.17, 15) is 9.59 Å². The molecule has 2 heterocycles.